The average Bonchev–Trinajstić information content (AvgIpc) is 2.64. The number of ketones is 2. The van der Waals surface area contributed by atoms with Crippen LogP contribution in [0.1, 0.15) is 33.6 Å². The van der Waals surface area contributed by atoms with Crippen LogP contribution >= 0.6 is 39.1 Å². The lowest BCUT2D eigenvalue weighted by Gasteiger charge is -2.25. The van der Waals surface area contributed by atoms with Crippen LogP contribution < -0.4 is 0 Å². The highest BCUT2D eigenvalue weighted by molar-refractivity contribution is 9.10. The Balaban J connectivity index is 2.41. The van der Waals surface area contributed by atoms with Crippen molar-refractivity contribution in [3.63, 3.8) is 0 Å². The molecule has 0 saturated heterocycles. The van der Waals surface area contributed by atoms with Crippen molar-refractivity contribution in [1.82, 2.24) is 0 Å². The van der Waals surface area contributed by atoms with Crippen molar-refractivity contribution in [2.24, 2.45) is 0 Å². The Bertz CT molecular complexity index is 1050. The third-order valence-corrected chi connectivity index (χ3v) is 5.14. The molecule has 0 radical (unpaired) electrons. The molecule has 0 fully saturated rings. The molecule has 0 aliphatic heterocycles. The highest BCUT2D eigenvalue weighted by Crippen LogP contribution is 2.33. The molecule has 0 bridgehead atoms. The maximum absolute atomic E-state index is 13.8. The maximum atomic E-state index is 13.8. The number of hydrogen-bond acceptors (Lipinski definition) is 5. The molecule has 0 aromatic heterocycles. The number of aliphatic carboxylic acids is 1. The van der Waals surface area contributed by atoms with Crippen molar-refractivity contribution in [1.29, 1.82) is 0 Å². The van der Waals surface area contributed by atoms with Gasteiger partial charge in [-0.05, 0) is 52.3 Å². The molecule has 0 spiro atoms. The van der Waals surface area contributed by atoms with Crippen LogP contribution in [-0.2, 0) is 14.3 Å². The van der Waals surface area contributed by atoms with Crippen LogP contribution in [0, 0.1) is 11.6 Å². The van der Waals surface area contributed by atoms with Crippen molar-refractivity contribution < 1.29 is 37.8 Å². The van der Waals surface area contributed by atoms with Crippen molar-refractivity contribution in [2.45, 2.75) is 17.4 Å². The number of ether oxygens (including phenoxy) is 1. The van der Waals surface area contributed by atoms with E-state index in [1.807, 2.05) is 0 Å². The lowest BCUT2D eigenvalue weighted by Crippen LogP contribution is -2.40. The van der Waals surface area contributed by atoms with Gasteiger partial charge in [0.1, 0.15) is 18.1 Å². The number of alkyl halides is 1. The predicted octanol–water partition coefficient (Wildman–Crippen LogP) is 4.84. The van der Waals surface area contributed by atoms with Gasteiger partial charge in [-0.15, -0.1) is 0 Å². The zero-order valence-electron chi connectivity index (χ0n) is 14.8. The SMILES string of the molecule is O=C(O)CC(=O)OC(Br)(CC(=O)c1ccc(Cl)c(F)c1)C(=O)c1ccc(Cl)c(F)c1. The standard InChI is InChI=1S/C19H11BrCl2F2O6/c20-19(30-17(28)7-16(26)27,18(29)10-2-4-12(22)14(24)6-10)8-15(25)9-1-3-11(21)13(23)5-9/h1-6H,7-8H2,(H,26,27). The number of carboxylic acids is 1. The maximum Gasteiger partial charge on any atom is 0.318 e. The van der Waals surface area contributed by atoms with E-state index in [-0.39, 0.29) is 21.2 Å². The topological polar surface area (TPSA) is 97.7 Å². The molecule has 2 aromatic rings. The zero-order chi connectivity index (χ0) is 22.6. The van der Waals surface area contributed by atoms with Gasteiger partial charge in [-0.3, -0.25) is 19.2 Å². The number of esters is 1. The molecule has 0 aliphatic carbocycles. The Labute approximate surface area is 186 Å². The number of benzene rings is 2. The van der Waals surface area contributed by atoms with Crippen molar-refractivity contribution >= 4 is 62.6 Å². The van der Waals surface area contributed by atoms with Crippen LogP contribution in [-0.4, -0.2) is 33.1 Å². The second-order valence-electron chi connectivity index (χ2n) is 5.96. The van der Waals surface area contributed by atoms with E-state index in [1.54, 1.807) is 0 Å². The van der Waals surface area contributed by atoms with Gasteiger partial charge in [0.05, 0.1) is 16.5 Å². The molecular formula is C19H11BrCl2F2O6. The Morgan fingerprint density at radius 3 is 1.97 bits per heavy atom. The van der Waals surface area contributed by atoms with Crippen LogP contribution in [0.15, 0.2) is 36.4 Å². The van der Waals surface area contributed by atoms with E-state index in [4.69, 9.17) is 33.0 Å². The minimum atomic E-state index is -2.38. The molecule has 158 valence electrons. The fraction of sp³-hybridized carbons (Fsp3) is 0.158. The van der Waals surface area contributed by atoms with Crippen molar-refractivity contribution in [2.75, 3.05) is 0 Å². The first-order valence-corrected chi connectivity index (χ1v) is 9.58. The van der Waals surface area contributed by atoms with E-state index in [0.717, 1.165) is 30.3 Å². The summed E-state index contributed by atoms with van der Waals surface area (Å²) >= 11 is 14.0. The van der Waals surface area contributed by atoms with Crippen LogP contribution in [0.25, 0.3) is 0 Å². The summed E-state index contributed by atoms with van der Waals surface area (Å²) in [4.78, 5) is 48.1. The van der Waals surface area contributed by atoms with E-state index < -0.39 is 52.5 Å². The molecule has 1 N–H and O–H groups in total. The Hall–Kier alpha value is -2.36. The van der Waals surface area contributed by atoms with Gasteiger partial charge in [0.25, 0.3) is 0 Å². The number of halogens is 5. The third-order valence-electron chi connectivity index (χ3n) is 3.72. The second kappa shape index (κ2) is 9.63. The number of Topliss-reactive ketones (excluding diaryl/α,β-unsaturated/α-hetero) is 2. The average molecular weight is 524 g/mol. The molecule has 0 amide bonds. The molecule has 0 heterocycles. The molecule has 6 nitrogen and oxygen atoms in total. The van der Waals surface area contributed by atoms with Crippen LogP contribution in [0.3, 0.4) is 0 Å². The summed E-state index contributed by atoms with van der Waals surface area (Å²) in [7, 11) is 0. The summed E-state index contributed by atoms with van der Waals surface area (Å²) < 4.78 is 30.0. The van der Waals surface area contributed by atoms with E-state index in [9.17, 15) is 28.0 Å². The molecule has 2 aromatic carbocycles. The van der Waals surface area contributed by atoms with Gasteiger partial charge < -0.3 is 9.84 Å². The van der Waals surface area contributed by atoms with E-state index in [0.29, 0.717) is 0 Å². The van der Waals surface area contributed by atoms with Gasteiger partial charge in [0, 0.05) is 11.1 Å². The number of carbonyl (C=O) groups is 4. The highest BCUT2D eigenvalue weighted by Gasteiger charge is 2.43. The minimum absolute atomic E-state index is 0.190. The van der Waals surface area contributed by atoms with Crippen molar-refractivity contribution in [3.8, 4) is 0 Å². The fourth-order valence-electron chi connectivity index (χ4n) is 2.33. The summed E-state index contributed by atoms with van der Waals surface area (Å²) in [5.41, 5.74) is -0.503. The van der Waals surface area contributed by atoms with Gasteiger partial charge in [0.2, 0.25) is 10.3 Å². The summed E-state index contributed by atoms with van der Waals surface area (Å²) in [6.07, 6.45) is -1.94. The summed E-state index contributed by atoms with van der Waals surface area (Å²) in [5, 5.41) is 8.22. The Morgan fingerprint density at radius 2 is 1.47 bits per heavy atom. The first-order chi connectivity index (χ1) is 13.9. The predicted molar refractivity (Wildman–Crippen MR) is 106 cm³/mol. The lowest BCUT2D eigenvalue weighted by molar-refractivity contribution is -0.154. The molecule has 0 aliphatic rings. The molecular weight excluding hydrogens is 513 g/mol. The highest BCUT2D eigenvalue weighted by atomic mass is 79.9. The lowest BCUT2D eigenvalue weighted by atomic mass is 9.98. The van der Waals surface area contributed by atoms with Gasteiger partial charge in [-0.25, -0.2) is 8.78 Å². The van der Waals surface area contributed by atoms with Gasteiger partial charge in [-0.2, -0.15) is 0 Å². The molecule has 11 heteroatoms. The first kappa shape index (κ1) is 23.9. The summed E-state index contributed by atoms with van der Waals surface area (Å²) in [6.45, 7) is 0. The van der Waals surface area contributed by atoms with Gasteiger partial charge in [-0.1, -0.05) is 23.2 Å². The van der Waals surface area contributed by atoms with E-state index in [1.165, 1.54) is 6.07 Å². The smallest absolute Gasteiger partial charge is 0.318 e. The monoisotopic (exact) mass is 522 g/mol. The normalized spacial score (nSPS) is 12.7. The molecule has 0 saturated carbocycles. The third kappa shape index (κ3) is 5.84. The molecule has 2 rings (SSSR count). The largest absolute Gasteiger partial charge is 0.481 e. The quantitative estimate of drug-likeness (QED) is 0.230. The van der Waals surface area contributed by atoms with E-state index in [2.05, 4.69) is 15.9 Å². The van der Waals surface area contributed by atoms with Crippen LogP contribution in [0.2, 0.25) is 10.0 Å². The second-order valence-corrected chi connectivity index (χ2v) is 8.06. The number of carbonyl (C=O) groups excluding carboxylic acids is 3. The first-order valence-electron chi connectivity index (χ1n) is 8.03. The van der Waals surface area contributed by atoms with Gasteiger partial charge >= 0.3 is 11.9 Å². The fourth-order valence-corrected chi connectivity index (χ4v) is 3.23. The van der Waals surface area contributed by atoms with Crippen molar-refractivity contribution in [3.05, 3.63) is 69.2 Å². The molecule has 1 atom stereocenters. The summed E-state index contributed by atoms with van der Waals surface area (Å²) in [6, 6.07) is 6.09. The Kier molecular flexibility index (Phi) is 7.68. The number of rotatable bonds is 8. The van der Waals surface area contributed by atoms with Crippen LogP contribution in [0.4, 0.5) is 8.78 Å². The Morgan fingerprint density at radius 1 is 0.967 bits per heavy atom. The van der Waals surface area contributed by atoms with Gasteiger partial charge in [0.15, 0.2) is 5.78 Å². The van der Waals surface area contributed by atoms with Crippen LogP contribution in [0.5, 0.6) is 0 Å². The van der Waals surface area contributed by atoms with E-state index >= 15 is 0 Å². The number of carboxylic acid groups (broad SMARTS) is 1. The molecule has 1 unspecified atom stereocenters. The zero-order valence-corrected chi connectivity index (χ0v) is 17.9. The molecule has 30 heavy (non-hydrogen) atoms. The number of hydrogen-bond donors (Lipinski definition) is 1. The summed E-state index contributed by atoms with van der Waals surface area (Å²) in [5.74, 6) is -6.60. The minimum Gasteiger partial charge on any atom is -0.481 e.